The van der Waals surface area contributed by atoms with Crippen LogP contribution >= 0.6 is 0 Å². The highest BCUT2D eigenvalue weighted by Gasteiger charge is 2.26. The van der Waals surface area contributed by atoms with Gasteiger partial charge in [-0.2, -0.15) is 0 Å². The molecule has 25 heavy (non-hydrogen) atoms. The quantitative estimate of drug-likeness (QED) is 0.876. The van der Waals surface area contributed by atoms with Gasteiger partial charge in [-0.15, -0.1) is 0 Å². The van der Waals surface area contributed by atoms with E-state index in [-0.39, 0.29) is 23.5 Å². The summed E-state index contributed by atoms with van der Waals surface area (Å²) in [6.45, 7) is 0. The molecule has 6 heteroatoms. The summed E-state index contributed by atoms with van der Waals surface area (Å²) < 4.78 is 18.9. The highest BCUT2D eigenvalue weighted by atomic mass is 19.1. The van der Waals surface area contributed by atoms with Gasteiger partial charge in [-0.1, -0.05) is 0 Å². The van der Waals surface area contributed by atoms with Crippen molar-refractivity contribution in [2.75, 3.05) is 12.4 Å². The number of hydrogen-bond donors (Lipinski definition) is 2. The van der Waals surface area contributed by atoms with Gasteiger partial charge in [0.05, 0.1) is 18.7 Å². The molecule has 130 valence electrons. The van der Waals surface area contributed by atoms with Crippen LogP contribution in [0.1, 0.15) is 46.8 Å². The van der Waals surface area contributed by atoms with Crippen molar-refractivity contribution < 1.29 is 13.9 Å². The lowest BCUT2D eigenvalue weighted by Crippen LogP contribution is -2.25. The fourth-order valence-corrected chi connectivity index (χ4v) is 3.20. The first-order chi connectivity index (χ1) is 12.1. The maximum Gasteiger partial charge on any atom is 0.253 e. The Morgan fingerprint density at radius 1 is 1.28 bits per heavy atom. The van der Waals surface area contributed by atoms with Crippen molar-refractivity contribution in [2.45, 2.75) is 37.8 Å². The zero-order chi connectivity index (χ0) is 17.4. The molecule has 2 aliphatic carbocycles. The maximum absolute atomic E-state index is 13.8. The van der Waals surface area contributed by atoms with Gasteiger partial charge in [0.15, 0.2) is 11.6 Å². The summed E-state index contributed by atoms with van der Waals surface area (Å²) in [7, 11) is 1.47. The van der Waals surface area contributed by atoms with E-state index in [1.807, 2.05) is 0 Å². The zero-order valence-corrected chi connectivity index (χ0v) is 14.0. The number of ether oxygens (including phenoxy) is 1. The van der Waals surface area contributed by atoms with Gasteiger partial charge in [-0.3, -0.25) is 4.79 Å². The average Bonchev–Trinajstić information content (AvgIpc) is 3.35. The smallest absolute Gasteiger partial charge is 0.253 e. The number of benzene rings is 1. The van der Waals surface area contributed by atoms with Gasteiger partial charge in [-0.25, -0.2) is 9.37 Å². The number of anilines is 1. The molecule has 0 bridgehead atoms. The van der Waals surface area contributed by atoms with Crippen LogP contribution in [0, 0.1) is 5.82 Å². The average molecular weight is 341 g/mol. The van der Waals surface area contributed by atoms with E-state index < -0.39 is 0 Å². The van der Waals surface area contributed by atoms with Crippen LogP contribution in [0.3, 0.4) is 0 Å². The molecule has 0 saturated heterocycles. The van der Waals surface area contributed by atoms with Crippen LogP contribution < -0.4 is 15.4 Å². The summed E-state index contributed by atoms with van der Waals surface area (Å²) in [5.74, 6) is 0.552. The van der Waals surface area contributed by atoms with Gasteiger partial charge in [0.2, 0.25) is 0 Å². The number of halogens is 1. The van der Waals surface area contributed by atoms with E-state index in [2.05, 4.69) is 15.6 Å². The first-order valence-corrected chi connectivity index (χ1v) is 8.54. The van der Waals surface area contributed by atoms with Crippen LogP contribution in [0.15, 0.2) is 30.5 Å². The number of methoxy groups -OCH3 is 1. The molecule has 0 spiro atoms. The summed E-state index contributed by atoms with van der Waals surface area (Å²) >= 11 is 0. The van der Waals surface area contributed by atoms with Crippen LogP contribution in [0.5, 0.6) is 5.75 Å². The van der Waals surface area contributed by atoms with E-state index in [9.17, 15) is 9.18 Å². The lowest BCUT2D eigenvalue weighted by Gasteiger charge is -2.16. The molecule has 5 nitrogen and oxygen atoms in total. The minimum atomic E-state index is -0.328. The first-order valence-electron chi connectivity index (χ1n) is 8.54. The van der Waals surface area contributed by atoms with Crippen molar-refractivity contribution >= 4 is 11.7 Å². The number of pyridine rings is 1. The first kappa shape index (κ1) is 15.9. The summed E-state index contributed by atoms with van der Waals surface area (Å²) in [6.07, 6.45) is 5.39. The number of aryl methyl sites for hydroxylation is 1. The highest BCUT2D eigenvalue weighted by Crippen LogP contribution is 2.37. The van der Waals surface area contributed by atoms with E-state index in [1.54, 1.807) is 30.5 Å². The topological polar surface area (TPSA) is 63.2 Å². The van der Waals surface area contributed by atoms with Crippen LogP contribution in [0.25, 0.3) is 0 Å². The molecular formula is C19H20FN3O2. The largest absolute Gasteiger partial charge is 0.494 e. The van der Waals surface area contributed by atoms with E-state index >= 15 is 0 Å². The maximum atomic E-state index is 13.8. The van der Waals surface area contributed by atoms with E-state index in [0.29, 0.717) is 17.4 Å². The third-order valence-corrected chi connectivity index (χ3v) is 4.75. The Balaban J connectivity index is 1.47. The Kier molecular flexibility index (Phi) is 4.03. The molecule has 1 saturated carbocycles. The van der Waals surface area contributed by atoms with Crippen LogP contribution in [-0.2, 0) is 6.42 Å². The van der Waals surface area contributed by atoms with Crippen molar-refractivity contribution in [1.29, 1.82) is 0 Å². The zero-order valence-electron chi connectivity index (χ0n) is 14.0. The monoisotopic (exact) mass is 341 g/mol. The van der Waals surface area contributed by atoms with E-state index in [0.717, 1.165) is 36.8 Å². The molecule has 0 aliphatic heterocycles. The summed E-state index contributed by atoms with van der Waals surface area (Å²) in [5.41, 5.74) is 2.60. The minimum absolute atomic E-state index is 0.0585. The number of fused-ring (bicyclic) bond motifs is 1. The number of carbonyl (C=O) groups excluding carboxylic acids is 1. The Morgan fingerprint density at radius 3 is 2.80 bits per heavy atom. The normalized spacial score (nSPS) is 18.6. The molecule has 1 aromatic carbocycles. The van der Waals surface area contributed by atoms with Crippen LogP contribution in [-0.4, -0.2) is 24.0 Å². The minimum Gasteiger partial charge on any atom is -0.494 e. The number of amides is 1. The predicted octanol–water partition coefficient (Wildman–Crippen LogP) is 3.22. The third-order valence-electron chi connectivity index (χ3n) is 4.75. The number of nitrogens with one attached hydrogen (secondary N) is 2. The van der Waals surface area contributed by atoms with Gasteiger partial charge in [0, 0.05) is 12.2 Å². The van der Waals surface area contributed by atoms with Crippen molar-refractivity contribution in [3.05, 3.63) is 53.0 Å². The fraction of sp³-hybridized carbons (Fsp3) is 0.368. The second-order valence-corrected chi connectivity index (χ2v) is 6.60. The summed E-state index contributed by atoms with van der Waals surface area (Å²) in [6, 6.07) is 7.27. The molecule has 1 aromatic heterocycles. The molecule has 1 unspecified atom stereocenters. The molecule has 2 N–H and O–H groups in total. The number of hydrogen-bond acceptors (Lipinski definition) is 4. The van der Waals surface area contributed by atoms with Crippen LogP contribution in [0.2, 0.25) is 0 Å². The van der Waals surface area contributed by atoms with E-state index in [1.165, 1.54) is 7.11 Å². The fourth-order valence-electron chi connectivity index (χ4n) is 3.20. The standard InChI is InChI=1S/C19H20FN3O2/c1-25-17-9-14-11(8-15(17)20)2-6-16(14)23-18-7-3-12(10-21-18)19(24)22-13-4-5-13/h3,7-10,13,16H,2,4-6H2,1H3,(H,21,23)(H,22,24). The van der Waals surface area contributed by atoms with Crippen molar-refractivity contribution in [1.82, 2.24) is 10.3 Å². The SMILES string of the molecule is COc1cc2c(cc1F)CCC2Nc1ccc(C(=O)NC2CC2)cn1. The Bertz CT molecular complexity index is 803. The van der Waals surface area contributed by atoms with Gasteiger partial charge < -0.3 is 15.4 Å². The van der Waals surface area contributed by atoms with Gasteiger partial charge in [0.25, 0.3) is 5.91 Å². The van der Waals surface area contributed by atoms with Gasteiger partial charge >= 0.3 is 0 Å². The molecule has 0 radical (unpaired) electrons. The molecular weight excluding hydrogens is 321 g/mol. The number of rotatable bonds is 5. The van der Waals surface area contributed by atoms with Crippen LogP contribution in [0.4, 0.5) is 10.2 Å². The number of nitrogens with zero attached hydrogens (tertiary/aromatic N) is 1. The predicted molar refractivity (Wildman–Crippen MR) is 92.4 cm³/mol. The molecule has 1 heterocycles. The van der Waals surface area contributed by atoms with Crippen molar-refractivity contribution in [3.8, 4) is 5.75 Å². The molecule has 2 aromatic rings. The Labute approximate surface area is 145 Å². The Morgan fingerprint density at radius 2 is 2.12 bits per heavy atom. The molecule has 4 rings (SSSR count). The molecule has 2 aliphatic rings. The van der Waals surface area contributed by atoms with Gasteiger partial charge in [0.1, 0.15) is 5.82 Å². The number of aromatic nitrogens is 1. The van der Waals surface area contributed by atoms with E-state index in [4.69, 9.17) is 4.74 Å². The van der Waals surface area contributed by atoms with Crippen molar-refractivity contribution in [3.63, 3.8) is 0 Å². The Hall–Kier alpha value is -2.63. The summed E-state index contributed by atoms with van der Waals surface area (Å²) in [5, 5.41) is 6.31. The number of carbonyl (C=O) groups is 1. The second-order valence-electron chi connectivity index (χ2n) is 6.60. The summed E-state index contributed by atoms with van der Waals surface area (Å²) in [4.78, 5) is 16.3. The highest BCUT2D eigenvalue weighted by molar-refractivity contribution is 5.94. The third kappa shape index (κ3) is 3.29. The molecule has 1 amide bonds. The van der Waals surface area contributed by atoms with Crippen molar-refractivity contribution in [2.24, 2.45) is 0 Å². The second kappa shape index (κ2) is 6.35. The molecule has 1 fully saturated rings. The lowest BCUT2D eigenvalue weighted by molar-refractivity contribution is 0.0950. The van der Waals surface area contributed by atoms with Gasteiger partial charge in [-0.05, 0) is 61.1 Å². The molecule has 1 atom stereocenters. The lowest BCUT2D eigenvalue weighted by atomic mass is 10.1.